The number of rotatable bonds is 2. The number of hydrogen-bond donors (Lipinski definition) is 2. The summed E-state index contributed by atoms with van der Waals surface area (Å²) in [5, 5.41) is 9.82. The zero-order chi connectivity index (χ0) is 12.6. The minimum Gasteiger partial charge on any atom is -0.350 e. The van der Waals surface area contributed by atoms with Gasteiger partial charge in [-0.25, -0.2) is 9.00 Å². The molecule has 1 aliphatic heterocycles. The lowest BCUT2D eigenvalue weighted by Gasteiger charge is -2.20. The fraction of sp³-hybridized carbons (Fsp3) is 0.182. The van der Waals surface area contributed by atoms with Gasteiger partial charge < -0.3 is 5.73 Å². The van der Waals surface area contributed by atoms with Crippen LogP contribution in [0, 0.1) is 0 Å². The summed E-state index contributed by atoms with van der Waals surface area (Å²) in [6.45, 7) is 1.57. The molecule has 17 heavy (non-hydrogen) atoms. The van der Waals surface area contributed by atoms with Crippen LogP contribution in [0.5, 0.6) is 0 Å². The summed E-state index contributed by atoms with van der Waals surface area (Å²) in [7, 11) is -1.35. The molecule has 6 heteroatoms. The summed E-state index contributed by atoms with van der Waals surface area (Å²) >= 11 is 0. The van der Waals surface area contributed by atoms with E-state index in [0.717, 1.165) is 5.56 Å². The Balaban J connectivity index is 2.33. The maximum absolute atomic E-state index is 12.1. The average Bonchev–Trinajstić information content (AvgIpc) is 2.65. The summed E-state index contributed by atoms with van der Waals surface area (Å²) in [6, 6.07) is 5.55. The monoisotopic (exact) mass is 252 g/mol. The number of carbonyl (C=O) groups is 1. The Labute approximate surface area is 101 Å². The number of nitrogens with two attached hydrogens (primary N) is 1. The van der Waals surface area contributed by atoms with Gasteiger partial charge >= 0.3 is 6.03 Å². The van der Waals surface area contributed by atoms with Crippen LogP contribution in [0.2, 0.25) is 0 Å². The van der Waals surface area contributed by atoms with Crippen LogP contribution < -0.4 is 5.73 Å². The second-order valence-electron chi connectivity index (χ2n) is 3.71. The first-order valence-corrected chi connectivity index (χ1v) is 6.17. The molecular weight excluding hydrogens is 240 g/mol. The molecule has 3 N–H and O–H groups in total. The smallest absolute Gasteiger partial charge is 0.339 e. The van der Waals surface area contributed by atoms with Crippen molar-refractivity contribution in [2.45, 2.75) is 17.9 Å². The lowest BCUT2D eigenvalue weighted by atomic mass is 10.2. The zero-order valence-corrected chi connectivity index (χ0v) is 9.98. The molecule has 1 unspecified atom stereocenters. The first kappa shape index (κ1) is 11.8. The average molecular weight is 252 g/mol. The maximum Gasteiger partial charge on any atom is 0.339 e. The second-order valence-corrected chi connectivity index (χ2v) is 5.16. The molecule has 0 bridgehead atoms. The topological polar surface area (TPSA) is 83.6 Å². The maximum atomic E-state index is 12.1. The van der Waals surface area contributed by atoms with E-state index in [1.54, 1.807) is 25.1 Å². The zero-order valence-electron chi connectivity index (χ0n) is 9.16. The standard InChI is InChI=1S/C11H12N2O3S/c1-7(13(15)11(12)14)10-6-8-4-2-3-5-9(8)17(10)16/h2-7,15H,1H3,(H2,12,14)/t7-,17?/m1/s1. The van der Waals surface area contributed by atoms with E-state index in [9.17, 15) is 14.2 Å². The van der Waals surface area contributed by atoms with Gasteiger partial charge in [-0.15, -0.1) is 0 Å². The second kappa shape index (κ2) is 4.31. The molecule has 0 fully saturated rings. The van der Waals surface area contributed by atoms with Crippen molar-refractivity contribution in [1.29, 1.82) is 0 Å². The number of benzene rings is 1. The summed E-state index contributed by atoms with van der Waals surface area (Å²) in [5.74, 6) is 0. The quantitative estimate of drug-likeness (QED) is 0.614. The van der Waals surface area contributed by atoms with Crippen LogP contribution in [-0.4, -0.2) is 26.6 Å². The van der Waals surface area contributed by atoms with Gasteiger partial charge in [-0.1, -0.05) is 18.2 Å². The Morgan fingerprint density at radius 1 is 1.47 bits per heavy atom. The van der Waals surface area contributed by atoms with Crippen molar-refractivity contribution in [2.75, 3.05) is 0 Å². The third-order valence-corrected chi connectivity index (χ3v) is 4.29. The Morgan fingerprint density at radius 3 is 2.71 bits per heavy atom. The molecule has 1 aromatic rings. The molecule has 1 heterocycles. The molecule has 0 saturated carbocycles. The van der Waals surface area contributed by atoms with Crippen LogP contribution in [0.4, 0.5) is 4.79 Å². The molecule has 2 amide bonds. The highest BCUT2D eigenvalue weighted by molar-refractivity contribution is 7.89. The summed E-state index contributed by atoms with van der Waals surface area (Å²) in [6.07, 6.45) is 1.71. The molecule has 0 radical (unpaired) electrons. The fourth-order valence-electron chi connectivity index (χ4n) is 1.69. The molecule has 0 spiro atoms. The van der Waals surface area contributed by atoms with Gasteiger partial charge in [-0.3, -0.25) is 5.21 Å². The Morgan fingerprint density at radius 2 is 2.12 bits per heavy atom. The van der Waals surface area contributed by atoms with Crippen molar-refractivity contribution in [3.05, 3.63) is 34.7 Å². The van der Waals surface area contributed by atoms with Crippen LogP contribution in [0.3, 0.4) is 0 Å². The van der Waals surface area contributed by atoms with Gasteiger partial charge in [0.15, 0.2) is 0 Å². The molecule has 2 rings (SSSR count). The van der Waals surface area contributed by atoms with Crippen LogP contribution in [0.25, 0.3) is 6.08 Å². The van der Waals surface area contributed by atoms with Gasteiger partial charge in [0.25, 0.3) is 0 Å². The first-order chi connectivity index (χ1) is 8.02. The van der Waals surface area contributed by atoms with Gasteiger partial charge in [0, 0.05) is 4.91 Å². The fourth-order valence-corrected chi connectivity index (χ4v) is 3.13. The van der Waals surface area contributed by atoms with Crippen molar-refractivity contribution in [1.82, 2.24) is 5.06 Å². The molecule has 1 aliphatic rings. The highest BCUT2D eigenvalue weighted by atomic mass is 32.2. The van der Waals surface area contributed by atoms with Crippen molar-refractivity contribution in [3.8, 4) is 0 Å². The number of fused-ring (bicyclic) bond motifs is 1. The van der Waals surface area contributed by atoms with E-state index in [1.807, 2.05) is 12.1 Å². The van der Waals surface area contributed by atoms with Gasteiger partial charge in [0.05, 0.1) is 21.7 Å². The highest BCUT2D eigenvalue weighted by Gasteiger charge is 2.29. The van der Waals surface area contributed by atoms with Gasteiger partial charge in [-0.2, -0.15) is 5.06 Å². The first-order valence-electron chi connectivity index (χ1n) is 5.02. The number of carbonyl (C=O) groups excluding carboxylic acids is 1. The van der Waals surface area contributed by atoms with E-state index < -0.39 is 22.9 Å². The lowest BCUT2D eigenvalue weighted by Crippen LogP contribution is -2.40. The van der Waals surface area contributed by atoms with Gasteiger partial charge in [-0.05, 0) is 24.6 Å². The van der Waals surface area contributed by atoms with Gasteiger partial charge in [0.1, 0.15) is 0 Å². The van der Waals surface area contributed by atoms with E-state index in [4.69, 9.17) is 5.73 Å². The third-order valence-electron chi connectivity index (χ3n) is 2.63. The molecule has 0 saturated heterocycles. The predicted molar refractivity (Wildman–Crippen MR) is 63.5 cm³/mol. The molecule has 0 aliphatic carbocycles. The Kier molecular flexibility index (Phi) is 2.99. The number of primary amides is 1. The number of nitrogens with zero attached hydrogens (tertiary/aromatic N) is 1. The van der Waals surface area contributed by atoms with Crippen molar-refractivity contribution < 1.29 is 14.2 Å². The molecular formula is C11H12N2O3S. The van der Waals surface area contributed by atoms with E-state index in [-0.39, 0.29) is 0 Å². The summed E-state index contributed by atoms with van der Waals surface area (Å²) < 4.78 is 12.1. The molecule has 90 valence electrons. The minimum atomic E-state index is -1.35. The van der Waals surface area contributed by atoms with Crippen molar-refractivity contribution in [3.63, 3.8) is 0 Å². The van der Waals surface area contributed by atoms with Gasteiger partial charge in [0.2, 0.25) is 0 Å². The van der Waals surface area contributed by atoms with E-state index in [0.29, 0.717) is 14.9 Å². The summed E-state index contributed by atoms with van der Waals surface area (Å²) in [5.41, 5.74) is 5.80. The Bertz CT molecular complexity index is 527. The van der Waals surface area contributed by atoms with Crippen LogP contribution >= 0.6 is 0 Å². The molecule has 5 nitrogen and oxygen atoms in total. The van der Waals surface area contributed by atoms with Crippen molar-refractivity contribution >= 4 is 22.9 Å². The number of amides is 2. The molecule has 0 aromatic heterocycles. The van der Waals surface area contributed by atoms with Crippen LogP contribution in [-0.2, 0) is 10.8 Å². The lowest BCUT2D eigenvalue weighted by molar-refractivity contribution is -0.0570. The van der Waals surface area contributed by atoms with E-state index in [1.165, 1.54) is 0 Å². The normalized spacial score (nSPS) is 19.4. The van der Waals surface area contributed by atoms with E-state index in [2.05, 4.69) is 0 Å². The summed E-state index contributed by atoms with van der Waals surface area (Å²) in [4.78, 5) is 12.0. The van der Waals surface area contributed by atoms with Crippen molar-refractivity contribution in [2.24, 2.45) is 5.73 Å². The predicted octanol–water partition coefficient (Wildman–Crippen LogP) is 1.31. The number of urea groups is 1. The third kappa shape index (κ3) is 1.96. The number of hydroxylamine groups is 2. The highest BCUT2D eigenvalue weighted by Crippen LogP contribution is 2.32. The SMILES string of the molecule is C[C@H](C1=Cc2ccccc2S1=O)N(O)C(N)=O. The van der Waals surface area contributed by atoms with Crippen LogP contribution in [0.1, 0.15) is 12.5 Å². The Hall–Kier alpha value is -1.66. The van der Waals surface area contributed by atoms with Crippen LogP contribution in [0.15, 0.2) is 34.1 Å². The largest absolute Gasteiger partial charge is 0.350 e. The minimum absolute atomic E-state index is 0.385. The van der Waals surface area contributed by atoms with E-state index >= 15 is 0 Å². The molecule has 2 atom stereocenters. The number of hydrogen-bond acceptors (Lipinski definition) is 3. The molecule has 1 aromatic carbocycles.